The topological polar surface area (TPSA) is 45.2 Å². The lowest BCUT2D eigenvalue weighted by Gasteiger charge is -2.33. The van der Waals surface area contributed by atoms with Gasteiger partial charge < -0.3 is 5.32 Å². The number of pyridine rings is 1. The van der Waals surface area contributed by atoms with E-state index in [4.69, 9.17) is 0 Å². The molecule has 2 heterocycles. The quantitative estimate of drug-likeness (QED) is 0.812. The lowest BCUT2D eigenvalue weighted by Crippen LogP contribution is -2.49. The lowest BCUT2D eigenvalue weighted by molar-refractivity contribution is -0.141. The predicted molar refractivity (Wildman–Crippen MR) is 96.5 cm³/mol. The maximum Gasteiger partial charge on any atom is 0.434 e. The van der Waals surface area contributed by atoms with E-state index in [0.29, 0.717) is 11.6 Å². The Morgan fingerprint density at radius 1 is 1.22 bits per heavy atom. The van der Waals surface area contributed by atoms with E-state index in [1.54, 1.807) is 0 Å². The van der Waals surface area contributed by atoms with Crippen molar-refractivity contribution in [3.05, 3.63) is 65.0 Å². The number of aromatic nitrogens is 1. The Kier molecular flexibility index (Phi) is 5.92. The van der Waals surface area contributed by atoms with Crippen molar-refractivity contribution in [2.24, 2.45) is 0 Å². The average Bonchev–Trinajstić information content (AvgIpc) is 2.64. The highest BCUT2D eigenvalue weighted by molar-refractivity contribution is 5.98. The minimum atomic E-state index is -4.64. The van der Waals surface area contributed by atoms with Crippen LogP contribution in [-0.4, -0.2) is 41.3 Å². The zero-order valence-corrected chi connectivity index (χ0v) is 15.1. The number of halogens is 3. The summed E-state index contributed by atoms with van der Waals surface area (Å²) in [7, 11) is 0. The van der Waals surface area contributed by atoms with Crippen molar-refractivity contribution < 1.29 is 18.0 Å². The Labute approximate surface area is 156 Å². The van der Waals surface area contributed by atoms with Crippen LogP contribution >= 0.6 is 0 Å². The molecule has 1 aliphatic heterocycles. The van der Waals surface area contributed by atoms with Crippen LogP contribution in [0.2, 0.25) is 0 Å². The molecule has 1 aromatic heterocycles. The van der Waals surface area contributed by atoms with Gasteiger partial charge in [-0.2, -0.15) is 13.2 Å². The lowest BCUT2D eigenvalue weighted by atomic mass is 10.0. The molecule has 27 heavy (non-hydrogen) atoms. The summed E-state index contributed by atoms with van der Waals surface area (Å²) in [6.45, 7) is 5.88. The molecule has 144 valence electrons. The molecular formula is C20H22F3N3O. The number of Topliss-reactive ketones (excluding diaryl/α,β-unsaturated/α-hetero) is 1. The van der Waals surface area contributed by atoms with E-state index in [0.717, 1.165) is 37.9 Å². The second-order valence-corrected chi connectivity index (χ2v) is 6.84. The van der Waals surface area contributed by atoms with Gasteiger partial charge >= 0.3 is 6.18 Å². The number of hydrogen-bond acceptors (Lipinski definition) is 4. The Morgan fingerprint density at radius 2 is 1.93 bits per heavy atom. The molecule has 0 unspecified atom stereocenters. The third-order valence-corrected chi connectivity index (χ3v) is 4.79. The third kappa shape index (κ3) is 4.93. The second-order valence-electron chi connectivity index (χ2n) is 6.84. The molecule has 1 aromatic carbocycles. The van der Waals surface area contributed by atoms with Crippen molar-refractivity contribution in [2.45, 2.75) is 32.1 Å². The molecule has 3 rings (SSSR count). The Balaban J connectivity index is 1.67. The van der Waals surface area contributed by atoms with Crippen molar-refractivity contribution in [3.8, 4) is 0 Å². The van der Waals surface area contributed by atoms with E-state index in [1.165, 1.54) is 12.1 Å². The highest BCUT2D eigenvalue weighted by atomic mass is 19.4. The van der Waals surface area contributed by atoms with Crippen LogP contribution in [0.25, 0.3) is 0 Å². The number of hydrogen-bond donors (Lipinski definition) is 1. The predicted octanol–water partition coefficient (Wildman–Crippen LogP) is 3.32. The van der Waals surface area contributed by atoms with E-state index in [-0.39, 0.29) is 12.0 Å². The van der Waals surface area contributed by atoms with Gasteiger partial charge in [-0.05, 0) is 30.2 Å². The summed E-state index contributed by atoms with van der Waals surface area (Å²) in [6.07, 6.45) is -3.68. The fourth-order valence-electron chi connectivity index (χ4n) is 3.25. The van der Waals surface area contributed by atoms with Gasteiger partial charge in [0, 0.05) is 50.4 Å². The number of benzene rings is 1. The zero-order chi connectivity index (χ0) is 19.4. The fourth-order valence-corrected chi connectivity index (χ4v) is 3.25. The first-order valence-corrected chi connectivity index (χ1v) is 8.92. The van der Waals surface area contributed by atoms with Gasteiger partial charge in [0.2, 0.25) is 0 Å². The highest BCUT2D eigenvalue weighted by Crippen LogP contribution is 2.30. The zero-order valence-electron chi connectivity index (χ0n) is 15.1. The Morgan fingerprint density at radius 3 is 2.59 bits per heavy atom. The van der Waals surface area contributed by atoms with Crippen LogP contribution in [0.1, 0.15) is 34.1 Å². The summed E-state index contributed by atoms with van der Waals surface area (Å²) in [6, 6.07) is 10.5. The molecule has 1 fully saturated rings. The van der Waals surface area contributed by atoms with Gasteiger partial charge in [0.25, 0.3) is 0 Å². The number of carbonyl (C=O) groups excluding carboxylic acids is 1. The number of rotatable bonds is 5. The molecule has 0 saturated carbocycles. The van der Waals surface area contributed by atoms with E-state index in [1.807, 2.05) is 24.3 Å². The Bertz CT molecular complexity index is 790. The van der Waals surface area contributed by atoms with E-state index < -0.39 is 17.7 Å². The molecule has 2 aromatic rings. The summed E-state index contributed by atoms with van der Waals surface area (Å²) in [5.74, 6) is -0.584. The minimum absolute atomic E-state index is 0.0842. The molecule has 4 nitrogen and oxygen atoms in total. The molecule has 0 spiro atoms. The molecular weight excluding hydrogens is 355 g/mol. The number of ketones is 1. The standard InChI is InChI=1S/C20H22F3N3O/c1-14-12-24-9-10-26(14)13-16-6-4-15(5-7-16)11-18(27)17-3-2-8-25-19(17)20(21,22)23/h2-8,14,24H,9-13H2,1H3/t14-/m0/s1. The van der Waals surface area contributed by atoms with Gasteiger partial charge in [0.15, 0.2) is 11.5 Å². The molecule has 1 atom stereocenters. The molecule has 0 amide bonds. The fraction of sp³-hybridized carbons (Fsp3) is 0.400. The van der Waals surface area contributed by atoms with Gasteiger partial charge in [-0.15, -0.1) is 0 Å². The highest BCUT2D eigenvalue weighted by Gasteiger charge is 2.36. The number of alkyl halides is 3. The van der Waals surface area contributed by atoms with Crippen LogP contribution in [0.5, 0.6) is 0 Å². The number of piperazine rings is 1. The summed E-state index contributed by atoms with van der Waals surface area (Å²) in [5.41, 5.74) is 0.300. The molecule has 1 aliphatic rings. The second kappa shape index (κ2) is 8.19. The average molecular weight is 377 g/mol. The van der Waals surface area contributed by atoms with Crippen LogP contribution < -0.4 is 5.32 Å². The molecule has 0 radical (unpaired) electrons. The molecule has 7 heteroatoms. The SMILES string of the molecule is C[C@H]1CNCCN1Cc1ccc(CC(=O)c2cccnc2C(F)(F)F)cc1. The number of nitrogens with zero attached hydrogens (tertiary/aromatic N) is 2. The summed E-state index contributed by atoms with van der Waals surface area (Å²) >= 11 is 0. The molecule has 1 saturated heterocycles. The van der Waals surface area contributed by atoms with E-state index >= 15 is 0 Å². The van der Waals surface area contributed by atoms with Gasteiger partial charge in [-0.1, -0.05) is 24.3 Å². The first-order chi connectivity index (χ1) is 12.8. The monoisotopic (exact) mass is 377 g/mol. The largest absolute Gasteiger partial charge is 0.434 e. The summed E-state index contributed by atoms with van der Waals surface area (Å²) in [4.78, 5) is 18.1. The normalized spacial score (nSPS) is 18.4. The van der Waals surface area contributed by atoms with Crippen LogP contribution in [0.4, 0.5) is 13.2 Å². The van der Waals surface area contributed by atoms with E-state index in [9.17, 15) is 18.0 Å². The molecule has 0 bridgehead atoms. The van der Waals surface area contributed by atoms with Gasteiger partial charge in [-0.3, -0.25) is 14.7 Å². The first-order valence-electron chi connectivity index (χ1n) is 8.92. The van der Waals surface area contributed by atoms with Crippen molar-refractivity contribution in [1.29, 1.82) is 0 Å². The van der Waals surface area contributed by atoms with Crippen LogP contribution in [-0.2, 0) is 19.1 Å². The van der Waals surface area contributed by atoms with Crippen LogP contribution in [0.3, 0.4) is 0 Å². The third-order valence-electron chi connectivity index (χ3n) is 4.79. The van der Waals surface area contributed by atoms with Crippen molar-refractivity contribution in [2.75, 3.05) is 19.6 Å². The van der Waals surface area contributed by atoms with Crippen LogP contribution in [0.15, 0.2) is 42.6 Å². The van der Waals surface area contributed by atoms with Crippen molar-refractivity contribution in [1.82, 2.24) is 15.2 Å². The van der Waals surface area contributed by atoms with Gasteiger partial charge in [-0.25, -0.2) is 0 Å². The van der Waals surface area contributed by atoms with Crippen LogP contribution in [0, 0.1) is 0 Å². The van der Waals surface area contributed by atoms with Crippen molar-refractivity contribution >= 4 is 5.78 Å². The summed E-state index contributed by atoms with van der Waals surface area (Å²) in [5, 5.41) is 3.35. The summed E-state index contributed by atoms with van der Waals surface area (Å²) < 4.78 is 39.1. The first kappa shape index (κ1) is 19.5. The molecule has 1 N–H and O–H groups in total. The maximum atomic E-state index is 13.0. The Hall–Kier alpha value is -2.25. The molecule has 0 aliphatic carbocycles. The number of carbonyl (C=O) groups is 1. The van der Waals surface area contributed by atoms with E-state index in [2.05, 4.69) is 22.1 Å². The minimum Gasteiger partial charge on any atom is -0.314 e. The van der Waals surface area contributed by atoms with Gasteiger partial charge in [0.1, 0.15) is 0 Å². The van der Waals surface area contributed by atoms with Crippen molar-refractivity contribution in [3.63, 3.8) is 0 Å². The maximum absolute atomic E-state index is 13.0. The number of nitrogens with one attached hydrogen (secondary N) is 1. The van der Waals surface area contributed by atoms with Gasteiger partial charge in [0.05, 0.1) is 0 Å². The smallest absolute Gasteiger partial charge is 0.314 e.